The Bertz CT molecular complexity index is 725. The number of nitrogens with one attached hydrogen (secondary N) is 1. The van der Waals surface area contributed by atoms with Gasteiger partial charge in [0, 0.05) is 37.8 Å². The van der Waals surface area contributed by atoms with Crippen LogP contribution in [0.3, 0.4) is 0 Å². The molecule has 1 aromatic carbocycles. The molecule has 0 aliphatic heterocycles. The summed E-state index contributed by atoms with van der Waals surface area (Å²) >= 11 is 0. The van der Waals surface area contributed by atoms with Crippen molar-refractivity contribution in [3.63, 3.8) is 0 Å². The molecule has 142 valence electrons. The number of aryl methyl sites for hydroxylation is 2. The van der Waals surface area contributed by atoms with Gasteiger partial charge in [-0.15, -0.1) is 0 Å². The first-order chi connectivity index (χ1) is 12.5. The molecule has 1 N–H and O–H groups in total. The Morgan fingerprint density at radius 2 is 1.92 bits per heavy atom. The van der Waals surface area contributed by atoms with E-state index in [-0.39, 0.29) is 11.8 Å². The zero-order valence-corrected chi connectivity index (χ0v) is 16.3. The van der Waals surface area contributed by atoms with Crippen LogP contribution in [0.25, 0.3) is 0 Å². The number of amides is 1. The number of aromatic nitrogens is 2. The largest absolute Gasteiger partial charge is 0.493 e. The molecule has 1 aromatic heterocycles. The smallest absolute Gasteiger partial charge is 0.220 e. The number of benzene rings is 1. The number of hydrogen-bond acceptors (Lipinski definition) is 4. The monoisotopic (exact) mass is 359 g/mol. The van der Waals surface area contributed by atoms with Gasteiger partial charge >= 0.3 is 0 Å². The van der Waals surface area contributed by atoms with Crippen LogP contribution >= 0.6 is 0 Å². The maximum absolute atomic E-state index is 12.3. The normalized spacial score (nSPS) is 12.1. The van der Waals surface area contributed by atoms with E-state index in [2.05, 4.69) is 24.3 Å². The van der Waals surface area contributed by atoms with Crippen molar-refractivity contribution in [3.05, 3.63) is 41.7 Å². The lowest BCUT2D eigenvalue weighted by atomic mass is 9.92. The van der Waals surface area contributed by atoms with Crippen molar-refractivity contribution in [2.75, 3.05) is 20.8 Å². The Labute approximate surface area is 155 Å². The molecule has 0 radical (unpaired) electrons. The number of carbonyl (C=O) groups excluding carboxylic acids is 1. The molecule has 0 aliphatic rings. The van der Waals surface area contributed by atoms with Gasteiger partial charge in [-0.1, -0.05) is 19.9 Å². The minimum absolute atomic E-state index is 0.0487. The number of carbonyl (C=O) groups is 1. The molecule has 0 aliphatic carbocycles. The van der Waals surface area contributed by atoms with Gasteiger partial charge in [0.05, 0.1) is 14.2 Å². The second kappa shape index (κ2) is 9.27. The van der Waals surface area contributed by atoms with Crippen LogP contribution in [0.15, 0.2) is 30.5 Å². The maximum Gasteiger partial charge on any atom is 0.220 e. The quantitative estimate of drug-likeness (QED) is 0.748. The zero-order valence-electron chi connectivity index (χ0n) is 16.3. The lowest BCUT2D eigenvalue weighted by molar-refractivity contribution is -0.121. The van der Waals surface area contributed by atoms with Gasteiger partial charge in [-0.05, 0) is 36.1 Å². The zero-order chi connectivity index (χ0) is 19.1. The van der Waals surface area contributed by atoms with Crippen molar-refractivity contribution < 1.29 is 14.3 Å². The van der Waals surface area contributed by atoms with Gasteiger partial charge in [-0.2, -0.15) is 5.10 Å². The summed E-state index contributed by atoms with van der Waals surface area (Å²) in [6.45, 7) is 4.93. The van der Waals surface area contributed by atoms with Crippen molar-refractivity contribution in [3.8, 4) is 11.5 Å². The van der Waals surface area contributed by atoms with Crippen LogP contribution in [0.1, 0.15) is 37.4 Å². The van der Waals surface area contributed by atoms with E-state index in [9.17, 15) is 4.79 Å². The van der Waals surface area contributed by atoms with Crippen LogP contribution in [0, 0.1) is 5.92 Å². The van der Waals surface area contributed by atoms with Gasteiger partial charge < -0.3 is 14.8 Å². The van der Waals surface area contributed by atoms with Gasteiger partial charge in [0.2, 0.25) is 5.91 Å². The predicted octanol–water partition coefficient (Wildman–Crippen LogP) is 2.93. The highest BCUT2D eigenvalue weighted by Gasteiger charge is 2.19. The van der Waals surface area contributed by atoms with E-state index >= 15 is 0 Å². The molecule has 0 unspecified atom stereocenters. The highest BCUT2D eigenvalue weighted by molar-refractivity contribution is 5.76. The van der Waals surface area contributed by atoms with E-state index in [0.717, 1.165) is 11.3 Å². The van der Waals surface area contributed by atoms with Crippen molar-refractivity contribution in [1.29, 1.82) is 0 Å². The highest BCUT2D eigenvalue weighted by Crippen LogP contribution is 2.28. The van der Waals surface area contributed by atoms with Crippen molar-refractivity contribution in [2.45, 2.75) is 32.6 Å². The summed E-state index contributed by atoms with van der Waals surface area (Å²) < 4.78 is 12.4. The predicted molar refractivity (Wildman–Crippen MR) is 102 cm³/mol. The maximum atomic E-state index is 12.3. The van der Waals surface area contributed by atoms with Crippen molar-refractivity contribution in [1.82, 2.24) is 15.1 Å². The molecule has 2 aromatic rings. The SMILES string of the molecule is COc1ccc(CCC(=O)NC[C@@H](c2ccnn2C)C(C)C)cc1OC. The lowest BCUT2D eigenvalue weighted by Gasteiger charge is -2.21. The lowest BCUT2D eigenvalue weighted by Crippen LogP contribution is -2.31. The minimum Gasteiger partial charge on any atom is -0.493 e. The average molecular weight is 359 g/mol. The van der Waals surface area contributed by atoms with Gasteiger partial charge in [0.1, 0.15) is 0 Å². The molecule has 6 heteroatoms. The van der Waals surface area contributed by atoms with Gasteiger partial charge in [-0.25, -0.2) is 0 Å². The Balaban J connectivity index is 1.89. The Kier molecular flexibility index (Phi) is 7.06. The average Bonchev–Trinajstić information content (AvgIpc) is 3.05. The van der Waals surface area contributed by atoms with Gasteiger partial charge in [-0.3, -0.25) is 9.48 Å². The van der Waals surface area contributed by atoms with E-state index in [0.29, 0.717) is 36.8 Å². The Morgan fingerprint density at radius 1 is 1.19 bits per heavy atom. The topological polar surface area (TPSA) is 65.4 Å². The number of methoxy groups -OCH3 is 2. The van der Waals surface area contributed by atoms with E-state index in [1.807, 2.05) is 36.0 Å². The Morgan fingerprint density at radius 3 is 2.50 bits per heavy atom. The third-order valence-corrected chi connectivity index (χ3v) is 4.65. The summed E-state index contributed by atoms with van der Waals surface area (Å²) in [6, 6.07) is 7.75. The number of ether oxygens (including phenoxy) is 2. The van der Waals surface area contributed by atoms with E-state index in [1.54, 1.807) is 20.4 Å². The number of rotatable bonds is 9. The summed E-state index contributed by atoms with van der Waals surface area (Å²) in [7, 11) is 5.15. The van der Waals surface area contributed by atoms with E-state index < -0.39 is 0 Å². The van der Waals surface area contributed by atoms with Crippen LogP contribution in [0.5, 0.6) is 11.5 Å². The van der Waals surface area contributed by atoms with Crippen LogP contribution in [-0.2, 0) is 18.3 Å². The van der Waals surface area contributed by atoms with Crippen LogP contribution < -0.4 is 14.8 Å². The molecule has 1 heterocycles. The second-order valence-corrected chi connectivity index (χ2v) is 6.72. The van der Waals surface area contributed by atoms with Gasteiger partial charge in [0.25, 0.3) is 0 Å². The molecule has 6 nitrogen and oxygen atoms in total. The number of hydrogen-bond donors (Lipinski definition) is 1. The van der Waals surface area contributed by atoms with Gasteiger partial charge in [0.15, 0.2) is 11.5 Å². The second-order valence-electron chi connectivity index (χ2n) is 6.72. The standard InChI is InChI=1S/C20H29N3O3/c1-14(2)16(17-10-11-22-23(17)3)13-21-20(24)9-7-15-6-8-18(25-4)19(12-15)26-5/h6,8,10-12,14,16H,7,9,13H2,1-5H3,(H,21,24)/t16-/m1/s1. The van der Waals surface area contributed by atoms with Crippen LogP contribution in [-0.4, -0.2) is 36.5 Å². The van der Waals surface area contributed by atoms with Crippen molar-refractivity contribution >= 4 is 5.91 Å². The summed E-state index contributed by atoms with van der Waals surface area (Å²) in [6.07, 6.45) is 2.89. The first kappa shape index (κ1) is 19.8. The molecule has 1 atom stereocenters. The fraction of sp³-hybridized carbons (Fsp3) is 0.500. The molecule has 0 saturated carbocycles. The van der Waals surface area contributed by atoms with E-state index in [4.69, 9.17) is 9.47 Å². The molecular formula is C20H29N3O3. The summed E-state index contributed by atoms with van der Waals surface area (Å²) in [4.78, 5) is 12.3. The fourth-order valence-electron chi connectivity index (χ4n) is 3.04. The fourth-order valence-corrected chi connectivity index (χ4v) is 3.04. The molecule has 0 fully saturated rings. The molecule has 0 bridgehead atoms. The summed E-state index contributed by atoms with van der Waals surface area (Å²) in [5.41, 5.74) is 2.19. The van der Waals surface area contributed by atoms with E-state index in [1.165, 1.54) is 0 Å². The molecule has 0 spiro atoms. The number of nitrogens with zero attached hydrogens (tertiary/aromatic N) is 2. The molecule has 0 saturated heterocycles. The summed E-state index contributed by atoms with van der Waals surface area (Å²) in [5.74, 6) is 2.08. The van der Waals surface area contributed by atoms with Crippen LogP contribution in [0.4, 0.5) is 0 Å². The van der Waals surface area contributed by atoms with Crippen molar-refractivity contribution in [2.24, 2.45) is 13.0 Å². The minimum atomic E-state index is 0.0487. The molecule has 2 rings (SSSR count). The highest BCUT2D eigenvalue weighted by atomic mass is 16.5. The molecule has 26 heavy (non-hydrogen) atoms. The summed E-state index contributed by atoms with van der Waals surface area (Å²) in [5, 5.41) is 7.30. The Hall–Kier alpha value is -2.50. The first-order valence-electron chi connectivity index (χ1n) is 8.91. The third-order valence-electron chi connectivity index (χ3n) is 4.65. The van der Waals surface area contributed by atoms with Crippen LogP contribution in [0.2, 0.25) is 0 Å². The molecular weight excluding hydrogens is 330 g/mol. The third kappa shape index (κ3) is 5.00. The molecule has 1 amide bonds. The first-order valence-corrected chi connectivity index (χ1v) is 8.91.